The third kappa shape index (κ3) is 9.97. The highest BCUT2D eigenvalue weighted by Crippen LogP contribution is 2.12. The fraction of sp³-hybridized carbons (Fsp3) is 0.650. The first-order valence-corrected chi connectivity index (χ1v) is 9.71. The maximum absolute atomic E-state index is 5.36. The average Bonchev–Trinajstić information content (AvgIpc) is 2.65. The molecule has 0 atom stereocenters. The molecule has 5 nitrogen and oxygen atoms in total. The zero-order valence-corrected chi connectivity index (χ0v) is 16.3. The van der Waals surface area contributed by atoms with Crippen molar-refractivity contribution in [3.63, 3.8) is 0 Å². The van der Waals surface area contributed by atoms with Crippen LogP contribution in [0.15, 0.2) is 35.3 Å². The van der Waals surface area contributed by atoms with Crippen LogP contribution < -0.4 is 15.5 Å². The van der Waals surface area contributed by atoms with Gasteiger partial charge < -0.3 is 20.3 Å². The van der Waals surface area contributed by atoms with Crippen molar-refractivity contribution < 1.29 is 4.74 Å². The first-order valence-electron chi connectivity index (χ1n) is 9.71. The van der Waals surface area contributed by atoms with Crippen molar-refractivity contribution in [3.05, 3.63) is 30.3 Å². The lowest BCUT2D eigenvalue weighted by atomic mass is 10.2. The predicted octanol–water partition coefficient (Wildman–Crippen LogP) is 3.27. The molecule has 25 heavy (non-hydrogen) atoms. The molecule has 0 saturated heterocycles. The van der Waals surface area contributed by atoms with Crippen molar-refractivity contribution in [2.24, 2.45) is 4.99 Å². The highest BCUT2D eigenvalue weighted by atomic mass is 16.5. The van der Waals surface area contributed by atoms with E-state index in [2.05, 4.69) is 64.7 Å². The fourth-order valence-electron chi connectivity index (χ4n) is 2.58. The standard InChI is InChI=1S/C20H36N4O/c1-4-21-20(22-15-10-11-18-25-6-3)23-16-12-17-24(5-2)19-13-8-7-9-14-19/h7-9,13-14H,4-6,10-12,15-18H2,1-3H3,(H2,21,22,23). The van der Waals surface area contributed by atoms with E-state index in [9.17, 15) is 0 Å². The zero-order chi connectivity index (χ0) is 18.2. The fourth-order valence-corrected chi connectivity index (χ4v) is 2.58. The number of benzene rings is 1. The van der Waals surface area contributed by atoms with Crippen LogP contribution in [0.5, 0.6) is 0 Å². The van der Waals surface area contributed by atoms with Crippen molar-refractivity contribution in [2.75, 3.05) is 50.8 Å². The Morgan fingerprint density at radius 1 is 1.04 bits per heavy atom. The third-order valence-corrected chi connectivity index (χ3v) is 3.92. The topological polar surface area (TPSA) is 48.9 Å². The molecule has 0 fully saturated rings. The number of anilines is 1. The highest BCUT2D eigenvalue weighted by molar-refractivity contribution is 5.79. The average molecular weight is 349 g/mol. The Morgan fingerprint density at radius 3 is 2.52 bits per heavy atom. The lowest BCUT2D eigenvalue weighted by Crippen LogP contribution is -2.38. The van der Waals surface area contributed by atoms with Gasteiger partial charge in [0.1, 0.15) is 0 Å². The minimum atomic E-state index is 0.801. The van der Waals surface area contributed by atoms with Crippen molar-refractivity contribution in [2.45, 2.75) is 40.0 Å². The minimum Gasteiger partial charge on any atom is -0.382 e. The summed E-state index contributed by atoms with van der Waals surface area (Å²) in [7, 11) is 0. The van der Waals surface area contributed by atoms with E-state index in [1.807, 2.05) is 6.92 Å². The normalized spacial score (nSPS) is 11.4. The Balaban J connectivity index is 2.29. The van der Waals surface area contributed by atoms with Gasteiger partial charge in [-0.15, -0.1) is 0 Å². The lowest BCUT2D eigenvalue weighted by Gasteiger charge is -2.22. The van der Waals surface area contributed by atoms with E-state index >= 15 is 0 Å². The minimum absolute atomic E-state index is 0.801. The Hall–Kier alpha value is -1.75. The van der Waals surface area contributed by atoms with Gasteiger partial charge >= 0.3 is 0 Å². The molecule has 0 unspecified atom stereocenters. The van der Waals surface area contributed by atoms with Crippen molar-refractivity contribution >= 4 is 11.6 Å². The number of ether oxygens (including phenoxy) is 1. The van der Waals surface area contributed by atoms with Crippen molar-refractivity contribution in [1.82, 2.24) is 10.6 Å². The molecule has 0 spiro atoms. The molecule has 0 aromatic heterocycles. The van der Waals surface area contributed by atoms with Crippen LogP contribution in [0.3, 0.4) is 0 Å². The molecule has 0 aliphatic heterocycles. The summed E-state index contributed by atoms with van der Waals surface area (Å²) in [4.78, 5) is 7.08. The molecule has 142 valence electrons. The molecular weight excluding hydrogens is 312 g/mol. The first kappa shape index (κ1) is 21.3. The molecule has 0 saturated carbocycles. The van der Waals surface area contributed by atoms with Gasteiger partial charge in [0.15, 0.2) is 5.96 Å². The maximum Gasteiger partial charge on any atom is 0.191 e. The Bertz CT molecular complexity index is 450. The van der Waals surface area contributed by atoms with Gasteiger partial charge in [0.25, 0.3) is 0 Å². The van der Waals surface area contributed by atoms with Crippen LogP contribution in [0.1, 0.15) is 40.0 Å². The summed E-state index contributed by atoms with van der Waals surface area (Å²) < 4.78 is 5.36. The predicted molar refractivity (Wildman–Crippen MR) is 109 cm³/mol. The lowest BCUT2D eigenvalue weighted by molar-refractivity contribution is 0.143. The SMILES string of the molecule is CCNC(=NCCCN(CC)c1ccccc1)NCCCCOCC. The van der Waals surface area contributed by atoms with Crippen LogP contribution in [0, 0.1) is 0 Å². The summed E-state index contributed by atoms with van der Waals surface area (Å²) in [6.45, 7) is 12.7. The van der Waals surface area contributed by atoms with Gasteiger partial charge in [-0.3, -0.25) is 4.99 Å². The smallest absolute Gasteiger partial charge is 0.191 e. The molecule has 1 aromatic carbocycles. The van der Waals surface area contributed by atoms with E-state index in [1.165, 1.54) is 5.69 Å². The van der Waals surface area contributed by atoms with E-state index < -0.39 is 0 Å². The Kier molecular flexibility index (Phi) is 12.4. The van der Waals surface area contributed by atoms with Crippen LogP contribution in [-0.4, -0.2) is 51.9 Å². The molecule has 5 heteroatoms. The molecule has 0 amide bonds. The summed E-state index contributed by atoms with van der Waals surface area (Å²) >= 11 is 0. The highest BCUT2D eigenvalue weighted by Gasteiger charge is 2.03. The van der Waals surface area contributed by atoms with Crippen LogP contribution in [0.2, 0.25) is 0 Å². The summed E-state index contributed by atoms with van der Waals surface area (Å²) in [5, 5.41) is 6.71. The third-order valence-electron chi connectivity index (χ3n) is 3.92. The van der Waals surface area contributed by atoms with E-state index in [4.69, 9.17) is 4.74 Å². The van der Waals surface area contributed by atoms with E-state index in [0.717, 1.165) is 71.2 Å². The second-order valence-electron chi connectivity index (χ2n) is 5.86. The number of hydrogen-bond donors (Lipinski definition) is 2. The number of aliphatic imine (C=N–C) groups is 1. The number of guanidine groups is 1. The quantitative estimate of drug-likeness (QED) is 0.326. The molecule has 1 rings (SSSR count). The number of rotatable bonds is 13. The van der Waals surface area contributed by atoms with Gasteiger partial charge in [0.05, 0.1) is 0 Å². The van der Waals surface area contributed by atoms with Crippen molar-refractivity contribution in [1.29, 1.82) is 0 Å². The summed E-state index contributed by atoms with van der Waals surface area (Å²) in [6, 6.07) is 10.6. The molecule has 1 aromatic rings. The number of para-hydroxylation sites is 1. The van der Waals surface area contributed by atoms with Gasteiger partial charge in [-0.2, -0.15) is 0 Å². The molecule has 0 aliphatic rings. The van der Waals surface area contributed by atoms with Gasteiger partial charge in [0.2, 0.25) is 0 Å². The van der Waals surface area contributed by atoms with E-state index in [1.54, 1.807) is 0 Å². The van der Waals surface area contributed by atoms with E-state index in [-0.39, 0.29) is 0 Å². The van der Waals surface area contributed by atoms with Crippen LogP contribution >= 0.6 is 0 Å². The van der Waals surface area contributed by atoms with Crippen LogP contribution in [0.25, 0.3) is 0 Å². The molecular formula is C20H36N4O. The summed E-state index contributed by atoms with van der Waals surface area (Å²) in [5.74, 6) is 0.918. The Morgan fingerprint density at radius 2 is 1.84 bits per heavy atom. The van der Waals surface area contributed by atoms with Crippen LogP contribution in [0.4, 0.5) is 5.69 Å². The molecule has 0 radical (unpaired) electrons. The monoisotopic (exact) mass is 348 g/mol. The van der Waals surface area contributed by atoms with Gasteiger partial charge in [-0.05, 0) is 52.2 Å². The Labute approximate surface area is 153 Å². The second kappa shape index (κ2) is 14.6. The summed E-state index contributed by atoms with van der Waals surface area (Å²) in [6.07, 6.45) is 3.23. The number of unbranched alkanes of at least 4 members (excludes halogenated alkanes) is 1. The largest absolute Gasteiger partial charge is 0.382 e. The first-order chi connectivity index (χ1) is 12.3. The van der Waals surface area contributed by atoms with Gasteiger partial charge in [-0.25, -0.2) is 0 Å². The van der Waals surface area contributed by atoms with Crippen LogP contribution in [-0.2, 0) is 4.74 Å². The van der Waals surface area contributed by atoms with Crippen molar-refractivity contribution in [3.8, 4) is 0 Å². The molecule has 0 heterocycles. The number of hydrogen-bond acceptors (Lipinski definition) is 3. The second-order valence-corrected chi connectivity index (χ2v) is 5.86. The number of nitrogens with one attached hydrogen (secondary N) is 2. The van der Waals surface area contributed by atoms with Gasteiger partial charge in [0, 0.05) is 51.6 Å². The maximum atomic E-state index is 5.36. The number of nitrogens with zero attached hydrogens (tertiary/aromatic N) is 2. The van der Waals surface area contributed by atoms with E-state index in [0.29, 0.717) is 0 Å². The zero-order valence-electron chi connectivity index (χ0n) is 16.3. The molecule has 2 N–H and O–H groups in total. The molecule has 0 bridgehead atoms. The summed E-state index contributed by atoms with van der Waals surface area (Å²) in [5.41, 5.74) is 1.29. The van der Waals surface area contributed by atoms with Gasteiger partial charge in [-0.1, -0.05) is 18.2 Å². The molecule has 0 aliphatic carbocycles.